The van der Waals surface area contributed by atoms with Crippen LogP contribution in [0.5, 0.6) is 0 Å². The van der Waals surface area contributed by atoms with Crippen LogP contribution in [-0.2, 0) is 0 Å². The molecule has 112 valence electrons. The fraction of sp³-hybridized carbons (Fsp3) is 0.471. The standard InChI is InChI=1S/C17H24N4/c1-14-13-21(15-7-5-4-6-8-15)16(19-14)20-11-9-17(2,18-3)10-12-20/h4-8,13,18H,9-12H2,1-3H3. The Bertz CT molecular complexity index is 595. The molecule has 0 bridgehead atoms. The van der Waals surface area contributed by atoms with Crippen LogP contribution in [-0.4, -0.2) is 35.2 Å². The summed E-state index contributed by atoms with van der Waals surface area (Å²) in [6.07, 6.45) is 4.41. The summed E-state index contributed by atoms with van der Waals surface area (Å²) in [6.45, 7) is 6.45. The highest BCUT2D eigenvalue weighted by atomic mass is 15.3. The second kappa shape index (κ2) is 5.53. The molecular formula is C17H24N4. The van der Waals surface area contributed by atoms with E-state index in [2.05, 4.69) is 66.1 Å². The highest BCUT2D eigenvalue weighted by molar-refractivity contribution is 5.45. The van der Waals surface area contributed by atoms with Crippen LogP contribution in [0.3, 0.4) is 0 Å². The number of para-hydroxylation sites is 1. The van der Waals surface area contributed by atoms with Crippen molar-refractivity contribution in [2.45, 2.75) is 32.2 Å². The van der Waals surface area contributed by atoms with Gasteiger partial charge >= 0.3 is 0 Å². The van der Waals surface area contributed by atoms with E-state index in [1.54, 1.807) is 0 Å². The van der Waals surface area contributed by atoms with Gasteiger partial charge in [0.1, 0.15) is 0 Å². The van der Waals surface area contributed by atoms with Gasteiger partial charge in [-0.05, 0) is 45.9 Å². The van der Waals surface area contributed by atoms with E-state index in [4.69, 9.17) is 4.98 Å². The quantitative estimate of drug-likeness (QED) is 0.941. The molecule has 4 nitrogen and oxygen atoms in total. The van der Waals surface area contributed by atoms with Gasteiger partial charge in [-0.15, -0.1) is 0 Å². The molecule has 0 amide bonds. The number of aryl methyl sites for hydroxylation is 1. The largest absolute Gasteiger partial charge is 0.342 e. The van der Waals surface area contributed by atoms with E-state index in [0.29, 0.717) is 0 Å². The Morgan fingerprint density at radius 2 is 1.81 bits per heavy atom. The van der Waals surface area contributed by atoms with Gasteiger partial charge in [0.25, 0.3) is 0 Å². The zero-order valence-electron chi connectivity index (χ0n) is 13.1. The van der Waals surface area contributed by atoms with E-state index >= 15 is 0 Å². The van der Waals surface area contributed by atoms with Gasteiger partial charge in [-0.25, -0.2) is 4.98 Å². The summed E-state index contributed by atoms with van der Waals surface area (Å²) in [5.74, 6) is 1.07. The van der Waals surface area contributed by atoms with Gasteiger partial charge < -0.3 is 10.2 Å². The SMILES string of the molecule is CNC1(C)CCN(c2nc(C)cn2-c2ccccc2)CC1. The number of imidazole rings is 1. The Hall–Kier alpha value is -1.81. The van der Waals surface area contributed by atoms with Crippen LogP contribution in [0, 0.1) is 6.92 Å². The lowest BCUT2D eigenvalue weighted by Crippen LogP contribution is -2.50. The molecule has 1 aliphatic heterocycles. The van der Waals surface area contributed by atoms with Gasteiger partial charge in [0.2, 0.25) is 5.95 Å². The molecule has 1 saturated heterocycles. The maximum atomic E-state index is 4.75. The van der Waals surface area contributed by atoms with Crippen molar-refractivity contribution < 1.29 is 0 Å². The first kappa shape index (κ1) is 14.1. The molecule has 3 rings (SSSR count). The Kier molecular flexibility index (Phi) is 3.72. The van der Waals surface area contributed by atoms with E-state index < -0.39 is 0 Å². The molecule has 0 spiro atoms. The van der Waals surface area contributed by atoms with E-state index in [9.17, 15) is 0 Å². The van der Waals surface area contributed by atoms with Crippen molar-refractivity contribution in [1.29, 1.82) is 0 Å². The molecule has 2 heterocycles. The molecule has 0 atom stereocenters. The number of benzene rings is 1. The van der Waals surface area contributed by atoms with Gasteiger partial charge in [0.15, 0.2) is 0 Å². The fourth-order valence-electron chi connectivity index (χ4n) is 2.94. The summed E-state index contributed by atoms with van der Waals surface area (Å²) in [5, 5.41) is 3.45. The van der Waals surface area contributed by atoms with Crippen LogP contribution >= 0.6 is 0 Å². The zero-order valence-corrected chi connectivity index (χ0v) is 13.1. The molecule has 0 unspecified atom stereocenters. The summed E-state index contributed by atoms with van der Waals surface area (Å²) in [5.41, 5.74) is 2.50. The van der Waals surface area contributed by atoms with Crippen molar-refractivity contribution in [2.75, 3.05) is 25.0 Å². The molecule has 1 aliphatic rings. The predicted octanol–water partition coefficient (Wildman–Crippen LogP) is 2.76. The summed E-state index contributed by atoms with van der Waals surface area (Å²) in [4.78, 5) is 7.15. The van der Waals surface area contributed by atoms with Crippen LogP contribution in [0.2, 0.25) is 0 Å². The monoisotopic (exact) mass is 284 g/mol. The highest BCUT2D eigenvalue weighted by Gasteiger charge is 2.30. The minimum Gasteiger partial charge on any atom is -0.342 e. The third-order valence-electron chi connectivity index (χ3n) is 4.60. The molecule has 0 radical (unpaired) electrons. The molecule has 0 aliphatic carbocycles. The Labute approximate surface area is 126 Å². The number of rotatable bonds is 3. The Morgan fingerprint density at radius 1 is 1.14 bits per heavy atom. The van der Waals surface area contributed by atoms with Crippen molar-refractivity contribution in [2.24, 2.45) is 0 Å². The highest BCUT2D eigenvalue weighted by Crippen LogP contribution is 2.27. The lowest BCUT2D eigenvalue weighted by molar-refractivity contribution is 0.303. The number of piperidine rings is 1. The Morgan fingerprint density at radius 3 is 2.43 bits per heavy atom. The average Bonchev–Trinajstić information content (AvgIpc) is 2.91. The lowest BCUT2D eigenvalue weighted by atomic mass is 9.90. The van der Waals surface area contributed by atoms with Gasteiger partial charge in [0, 0.05) is 30.5 Å². The molecular weight excluding hydrogens is 260 g/mol. The third kappa shape index (κ3) is 2.81. The number of nitrogens with zero attached hydrogens (tertiary/aromatic N) is 3. The molecule has 4 heteroatoms. The van der Waals surface area contributed by atoms with Crippen LogP contribution < -0.4 is 10.2 Å². The average molecular weight is 284 g/mol. The van der Waals surface area contributed by atoms with Gasteiger partial charge in [-0.2, -0.15) is 0 Å². The zero-order chi connectivity index (χ0) is 14.9. The topological polar surface area (TPSA) is 33.1 Å². The van der Waals surface area contributed by atoms with Gasteiger partial charge in [-0.3, -0.25) is 4.57 Å². The normalized spacial score (nSPS) is 18.0. The molecule has 2 aromatic rings. The summed E-state index contributed by atoms with van der Waals surface area (Å²) < 4.78 is 2.21. The first-order chi connectivity index (χ1) is 10.1. The van der Waals surface area contributed by atoms with Crippen LogP contribution in [0.1, 0.15) is 25.5 Å². The smallest absolute Gasteiger partial charge is 0.210 e. The second-order valence-electron chi connectivity index (χ2n) is 6.19. The van der Waals surface area contributed by atoms with Crippen molar-refractivity contribution in [3.63, 3.8) is 0 Å². The first-order valence-electron chi connectivity index (χ1n) is 7.67. The van der Waals surface area contributed by atoms with Gasteiger partial charge in [0.05, 0.1) is 5.69 Å². The van der Waals surface area contributed by atoms with Crippen molar-refractivity contribution in [3.8, 4) is 5.69 Å². The summed E-state index contributed by atoms with van der Waals surface area (Å²) in [7, 11) is 2.06. The molecule has 1 fully saturated rings. The number of aromatic nitrogens is 2. The lowest BCUT2D eigenvalue weighted by Gasteiger charge is -2.39. The van der Waals surface area contributed by atoms with Crippen LogP contribution in [0.15, 0.2) is 36.5 Å². The van der Waals surface area contributed by atoms with Crippen molar-refractivity contribution in [3.05, 3.63) is 42.2 Å². The minimum absolute atomic E-state index is 0.260. The fourth-order valence-corrected chi connectivity index (χ4v) is 2.94. The predicted molar refractivity (Wildman–Crippen MR) is 87.2 cm³/mol. The van der Waals surface area contributed by atoms with E-state index in [-0.39, 0.29) is 5.54 Å². The number of hydrogen-bond acceptors (Lipinski definition) is 3. The molecule has 0 saturated carbocycles. The Balaban J connectivity index is 1.87. The first-order valence-corrected chi connectivity index (χ1v) is 7.67. The molecule has 1 aromatic carbocycles. The van der Waals surface area contributed by atoms with E-state index in [0.717, 1.165) is 37.6 Å². The van der Waals surface area contributed by atoms with Crippen LogP contribution in [0.25, 0.3) is 5.69 Å². The summed E-state index contributed by atoms with van der Waals surface area (Å²) >= 11 is 0. The maximum absolute atomic E-state index is 4.75. The molecule has 1 N–H and O–H groups in total. The van der Waals surface area contributed by atoms with E-state index in [1.165, 1.54) is 5.69 Å². The maximum Gasteiger partial charge on any atom is 0.210 e. The number of nitrogens with one attached hydrogen (secondary N) is 1. The molecule has 21 heavy (non-hydrogen) atoms. The van der Waals surface area contributed by atoms with Gasteiger partial charge in [-0.1, -0.05) is 18.2 Å². The number of hydrogen-bond donors (Lipinski definition) is 1. The van der Waals surface area contributed by atoms with Crippen LogP contribution in [0.4, 0.5) is 5.95 Å². The second-order valence-corrected chi connectivity index (χ2v) is 6.19. The summed E-state index contributed by atoms with van der Waals surface area (Å²) in [6, 6.07) is 10.5. The van der Waals surface area contributed by atoms with Crippen molar-refractivity contribution >= 4 is 5.95 Å². The number of anilines is 1. The van der Waals surface area contributed by atoms with E-state index in [1.807, 2.05) is 6.07 Å². The van der Waals surface area contributed by atoms with Crippen molar-refractivity contribution in [1.82, 2.24) is 14.9 Å². The molecule has 1 aromatic heterocycles. The third-order valence-corrected chi connectivity index (χ3v) is 4.60. The minimum atomic E-state index is 0.260.